The first-order valence-corrected chi connectivity index (χ1v) is 8.48. The Bertz CT molecular complexity index is 701. The van der Waals surface area contributed by atoms with Crippen LogP contribution in [0.15, 0.2) is 12.1 Å². The van der Waals surface area contributed by atoms with Gasteiger partial charge in [0.05, 0.1) is 0 Å². The Labute approximate surface area is 146 Å². The van der Waals surface area contributed by atoms with E-state index in [-0.39, 0.29) is 23.7 Å². The van der Waals surface area contributed by atoms with Crippen LogP contribution in [0.1, 0.15) is 30.7 Å². The van der Waals surface area contributed by atoms with E-state index in [1.54, 1.807) is 9.36 Å². The van der Waals surface area contributed by atoms with E-state index < -0.39 is 0 Å². The topological polar surface area (TPSA) is 93.8 Å². The fourth-order valence-electron chi connectivity index (χ4n) is 3.27. The van der Waals surface area contributed by atoms with E-state index in [0.29, 0.717) is 24.5 Å². The lowest BCUT2D eigenvalue weighted by Crippen LogP contribution is -2.33. The average molecular weight is 344 g/mol. The summed E-state index contributed by atoms with van der Waals surface area (Å²) >= 11 is 0. The molecule has 8 nitrogen and oxygen atoms in total. The zero-order valence-electron chi connectivity index (χ0n) is 15.0. The molecule has 1 aliphatic rings. The molecule has 0 aromatic carbocycles. The Hall–Kier alpha value is -2.64. The lowest BCUT2D eigenvalue weighted by atomic mass is 9.94. The highest BCUT2D eigenvalue weighted by Gasteiger charge is 2.38. The molecule has 3 rings (SSSR count). The minimum absolute atomic E-state index is 0.145. The van der Waals surface area contributed by atoms with Gasteiger partial charge in [-0.15, -0.1) is 0 Å². The van der Waals surface area contributed by atoms with Gasteiger partial charge in [-0.2, -0.15) is 10.2 Å². The number of hydrogen-bond donors (Lipinski definition) is 2. The average Bonchev–Trinajstić information content (AvgIpc) is 3.21. The van der Waals surface area contributed by atoms with Gasteiger partial charge in [0.15, 0.2) is 11.6 Å². The van der Waals surface area contributed by atoms with Crippen LogP contribution >= 0.6 is 0 Å². The van der Waals surface area contributed by atoms with E-state index in [9.17, 15) is 9.59 Å². The summed E-state index contributed by atoms with van der Waals surface area (Å²) in [5.41, 5.74) is 1.92. The van der Waals surface area contributed by atoms with Crippen LogP contribution in [0.5, 0.6) is 0 Å². The fraction of sp³-hybridized carbons (Fsp3) is 0.529. The van der Waals surface area contributed by atoms with Crippen LogP contribution in [0.2, 0.25) is 0 Å². The molecule has 0 bridgehead atoms. The van der Waals surface area contributed by atoms with Crippen LogP contribution in [0, 0.1) is 25.7 Å². The summed E-state index contributed by atoms with van der Waals surface area (Å²) < 4.78 is 3.41. The Morgan fingerprint density at radius 1 is 0.920 bits per heavy atom. The number of carbonyl (C=O) groups is 2. The smallest absolute Gasteiger partial charge is 0.229 e. The second-order valence-electron chi connectivity index (χ2n) is 6.71. The fourth-order valence-corrected chi connectivity index (χ4v) is 3.27. The molecule has 0 spiro atoms. The van der Waals surface area contributed by atoms with Crippen molar-refractivity contribution in [3.8, 4) is 0 Å². The van der Waals surface area contributed by atoms with Crippen LogP contribution in [0.4, 0.5) is 11.6 Å². The molecule has 2 N–H and O–H groups in total. The van der Waals surface area contributed by atoms with Gasteiger partial charge in [-0.25, -0.2) is 0 Å². The van der Waals surface area contributed by atoms with Crippen molar-refractivity contribution in [2.45, 2.75) is 33.1 Å². The molecule has 2 amide bonds. The number of nitrogens with zero attached hydrogens (tertiary/aromatic N) is 4. The summed E-state index contributed by atoms with van der Waals surface area (Å²) in [5, 5.41) is 14.2. The quantitative estimate of drug-likeness (QED) is 0.884. The number of amides is 2. The highest BCUT2D eigenvalue weighted by atomic mass is 16.2. The molecule has 2 aromatic rings. The molecule has 0 saturated heterocycles. The summed E-state index contributed by atoms with van der Waals surface area (Å²) in [6, 6.07) is 3.64. The Morgan fingerprint density at radius 2 is 1.32 bits per heavy atom. The van der Waals surface area contributed by atoms with Crippen molar-refractivity contribution in [2.24, 2.45) is 25.9 Å². The largest absolute Gasteiger partial charge is 0.309 e. The van der Waals surface area contributed by atoms with Gasteiger partial charge in [0.25, 0.3) is 0 Å². The number of rotatable bonds is 4. The number of aryl methyl sites for hydroxylation is 4. The molecule has 1 fully saturated rings. The summed E-state index contributed by atoms with van der Waals surface area (Å²) in [5.74, 6) is 0.0768. The summed E-state index contributed by atoms with van der Waals surface area (Å²) in [4.78, 5) is 25.2. The van der Waals surface area contributed by atoms with Crippen LogP contribution in [-0.2, 0) is 23.7 Å². The molecule has 2 aromatic heterocycles. The third-order valence-electron chi connectivity index (χ3n) is 4.92. The van der Waals surface area contributed by atoms with E-state index in [2.05, 4.69) is 20.8 Å². The lowest BCUT2D eigenvalue weighted by Gasteiger charge is -2.17. The molecule has 134 valence electrons. The normalized spacial score (nSPS) is 19.8. The second kappa shape index (κ2) is 6.70. The number of hydrogen-bond acceptors (Lipinski definition) is 4. The third-order valence-corrected chi connectivity index (χ3v) is 4.92. The molecule has 8 heteroatoms. The van der Waals surface area contributed by atoms with Crippen molar-refractivity contribution in [1.29, 1.82) is 0 Å². The maximum absolute atomic E-state index is 12.6. The summed E-state index contributed by atoms with van der Waals surface area (Å²) in [6.07, 6.45) is 2.27. The standard InChI is InChI=1S/C17H24N6O2/c1-10-8-14(20-22(10)3)18-16(24)12-6-5-7-13(12)17(25)19-15-9-11(2)23(4)21-15/h8-9,12-13H,5-7H2,1-4H3,(H,18,20,24)(H,19,21,25). The number of anilines is 2. The Kier molecular flexibility index (Phi) is 4.61. The lowest BCUT2D eigenvalue weighted by molar-refractivity contribution is -0.128. The predicted molar refractivity (Wildman–Crippen MR) is 94.0 cm³/mol. The van der Waals surface area contributed by atoms with Crippen molar-refractivity contribution < 1.29 is 9.59 Å². The Balaban J connectivity index is 1.66. The van der Waals surface area contributed by atoms with Gasteiger partial charge in [0.2, 0.25) is 11.8 Å². The van der Waals surface area contributed by atoms with Crippen molar-refractivity contribution in [2.75, 3.05) is 10.6 Å². The van der Waals surface area contributed by atoms with E-state index in [0.717, 1.165) is 17.8 Å². The number of nitrogens with one attached hydrogen (secondary N) is 2. The van der Waals surface area contributed by atoms with Gasteiger partial charge >= 0.3 is 0 Å². The molecule has 0 aliphatic heterocycles. The van der Waals surface area contributed by atoms with Gasteiger partial charge in [-0.1, -0.05) is 6.42 Å². The van der Waals surface area contributed by atoms with Crippen LogP contribution in [0.25, 0.3) is 0 Å². The molecule has 0 radical (unpaired) electrons. The first-order valence-electron chi connectivity index (χ1n) is 8.48. The van der Waals surface area contributed by atoms with E-state index in [1.807, 2.05) is 40.1 Å². The van der Waals surface area contributed by atoms with Crippen LogP contribution in [-0.4, -0.2) is 31.4 Å². The van der Waals surface area contributed by atoms with Crippen molar-refractivity contribution >= 4 is 23.5 Å². The minimum atomic E-state index is -0.341. The molecule has 2 unspecified atom stereocenters. The first-order chi connectivity index (χ1) is 11.8. The van der Waals surface area contributed by atoms with Gasteiger partial charge < -0.3 is 10.6 Å². The molecular formula is C17H24N6O2. The maximum Gasteiger partial charge on any atom is 0.229 e. The molecule has 1 aliphatic carbocycles. The van der Waals surface area contributed by atoms with Crippen molar-refractivity contribution in [1.82, 2.24) is 19.6 Å². The molecule has 25 heavy (non-hydrogen) atoms. The van der Waals surface area contributed by atoms with Gasteiger partial charge in [0.1, 0.15) is 0 Å². The van der Waals surface area contributed by atoms with Gasteiger partial charge in [-0.3, -0.25) is 19.0 Å². The van der Waals surface area contributed by atoms with Crippen molar-refractivity contribution in [3.05, 3.63) is 23.5 Å². The van der Waals surface area contributed by atoms with Crippen molar-refractivity contribution in [3.63, 3.8) is 0 Å². The number of aromatic nitrogens is 4. The predicted octanol–water partition coefficient (Wildman–Crippen LogP) is 1.76. The zero-order chi connectivity index (χ0) is 18.1. The Morgan fingerprint density at radius 3 is 1.64 bits per heavy atom. The van der Waals surface area contributed by atoms with E-state index in [1.165, 1.54) is 0 Å². The van der Waals surface area contributed by atoms with Crippen LogP contribution < -0.4 is 10.6 Å². The minimum Gasteiger partial charge on any atom is -0.309 e. The monoisotopic (exact) mass is 344 g/mol. The molecule has 2 atom stereocenters. The first kappa shape index (κ1) is 17.2. The highest BCUT2D eigenvalue weighted by molar-refractivity contribution is 5.99. The van der Waals surface area contributed by atoms with E-state index >= 15 is 0 Å². The maximum atomic E-state index is 12.6. The van der Waals surface area contributed by atoms with Gasteiger partial charge in [0, 0.05) is 49.5 Å². The summed E-state index contributed by atoms with van der Waals surface area (Å²) in [7, 11) is 3.65. The SMILES string of the molecule is Cc1cc(NC(=O)C2CCCC2C(=O)Nc2cc(C)n(C)n2)nn1C. The molecule has 2 heterocycles. The molecule has 1 saturated carbocycles. The molecular weight excluding hydrogens is 320 g/mol. The number of carbonyl (C=O) groups excluding carboxylic acids is 2. The van der Waals surface area contributed by atoms with E-state index in [4.69, 9.17) is 0 Å². The highest BCUT2D eigenvalue weighted by Crippen LogP contribution is 2.33. The van der Waals surface area contributed by atoms with Gasteiger partial charge in [-0.05, 0) is 26.7 Å². The van der Waals surface area contributed by atoms with Crippen LogP contribution in [0.3, 0.4) is 0 Å². The second-order valence-corrected chi connectivity index (χ2v) is 6.71. The third kappa shape index (κ3) is 3.57. The zero-order valence-corrected chi connectivity index (χ0v) is 15.0. The summed E-state index contributed by atoms with van der Waals surface area (Å²) in [6.45, 7) is 3.84.